The van der Waals surface area contributed by atoms with Gasteiger partial charge in [0.2, 0.25) is 0 Å². The van der Waals surface area contributed by atoms with E-state index < -0.39 is 0 Å². The van der Waals surface area contributed by atoms with E-state index in [1.54, 1.807) is 22.6 Å². The van der Waals surface area contributed by atoms with Crippen molar-refractivity contribution in [3.63, 3.8) is 0 Å². The molecule has 0 saturated heterocycles. The summed E-state index contributed by atoms with van der Waals surface area (Å²) >= 11 is 0. The lowest BCUT2D eigenvalue weighted by Crippen LogP contribution is -2.37. The summed E-state index contributed by atoms with van der Waals surface area (Å²) in [6.45, 7) is 1.24. The second-order valence-corrected chi connectivity index (χ2v) is 3.51. The van der Waals surface area contributed by atoms with Crippen LogP contribution in [0.2, 0.25) is 0 Å². The highest BCUT2D eigenvalue weighted by Crippen LogP contribution is 2.05. The van der Waals surface area contributed by atoms with Crippen molar-refractivity contribution in [1.82, 2.24) is 9.47 Å². The number of nitrogens with zero attached hydrogens (tertiary/aromatic N) is 2. The zero-order valence-electron chi connectivity index (χ0n) is 9.72. The van der Waals surface area contributed by atoms with Crippen LogP contribution >= 0.6 is 0 Å². The monoisotopic (exact) mass is 226 g/mol. The normalized spacial score (nSPS) is 10.4. The number of ether oxygens (including phenoxy) is 1. The quantitative estimate of drug-likeness (QED) is 0.749. The summed E-state index contributed by atoms with van der Waals surface area (Å²) in [7, 11) is 3.41. The number of aliphatic hydroxyl groups is 1. The Labute approximate surface area is 95.2 Å². The first-order valence-electron chi connectivity index (χ1n) is 5.21. The van der Waals surface area contributed by atoms with E-state index >= 15 is 0 Å². The first kappa shape index (κ1) is 12.7. The Bertz CT molecular complexity index is 336. The van der Waals surface area contributed by atoms with E-state index in [9.17, 15) is 4.79 Å². The smallest absolute Gasteiger partial charge is 0.270 e. The molecule has 0 fully saturated rings. The summed E-state index contributed by atoms with van der Waals surface area (Å²) in [6, 6.07) is 3.58. The van der Waals surface area contributed by atoms with Crippen molar-refractivity contribution in [2.24, 2.45) is 7.05 Å². The molecule has 5 heteroatoms. The number of hydrogen-bond donors (Lipinski definition) is 1. The minimum absolute atomic E-state index is 0.0418. The molecule has 0 aliphatic rings. The molecule has 0 bridgehead atoms. The number of rotatable bonds is 6. The van der Waals surface area contributed by atoms with Crippen LogP contribution in [0, 0.1) is 0 Å². The Morgan fingerprint density at radius 2 is 2.31 bits per heavy atom. The van der Waals surface area contributed by atoms with Crippen LogP contribution in [0.15, 0.2) is 18.3 Å². The fourth-order valence-corrected chi connectivity index (χ4v) is 1.48. The largest absolute Gasteiger partial charge is 0.395 e. The lowest BCUT2D eigenvalue weighted by atomic mass is 10.3. The minimum Gasteiger partial charge on any atom is -0.395 e. The van der Waals surface area contributed by atoms with Crippen LogP contribution < -0.4 is 0 Å². The van der Waals surface area contributed by atoms with Gasteiger partial charge in [0.15, 0.2) is 0 Å². The summed E-state index contributed by atoms with van der Waals surface area (Å²) in [4.78, 5) is 13.6. The topological polar surface area (TPSA) is 54.7 Å². The SMILES string of the molecule is COCCN(CCO)C(=O)c1cccn1C. The molecule has 16 heavy (non-hydrogen) atoms. The summed E-state index contributed by atoms with van der Waals surface area (Å²) in [6.07, 6.45) is 1.82. The van der Waals surface area contributed by atoms with E-state index in [0.717, 1.165) is 0 Å². The summed E-state index contributed by atoms with van der Waals surface area (Å²) in [5.41, 5.74) is 0.615. The molecule has 0 aliphatic heterocycles. The molecule has 0 unspecified atom stereocenters. The molecule has 0 aromatic carbocycles. The average Bonchev–Trinajstić information content (AvgIpc) is 2.69. The van der Waals surface area contributed by atoms with Crippen molar-refractivity contribution >= 4 is 5.91 Å². The molecule has 0 saturated carbocycles. The predicted molar refractivity (Wildman–Crippen MR) is 60.3 cm³/mol. The van der Waals surface area contributed by atoms with E-state index in [-0.39, 0.29) is 12.5 Å². The third-order valence-electron chi connectivity index (χ3n) is 2.39. The molecule has 1 aromatic rings. The van der Waals surface area contributed by atoms with Gasteiger partial charge in [-0.15, -0.1) is 0 Å². The van der Waals surface area contributed by atoms with Crippen LogP contribution in [0.1, 0.15) is 10.5 Å². The molecule has 0 atom stereocenters. The molecule has 1 N–H and O–H groups in total. The second-order valence-electron chi connectivity index (χ2n) is 3.51. The number of aromatic nitrogens is 1. The van der Waals surface area contributed by atoms with Crippen molar-refractivity contribution in [2.75, 3.05) is 33.4 Å². The highest BCUT2D eigenvalue weighted by Gasteiger charge is 2.16. The summed E-state index contributed by atoms with van der Waals surface area (Å²) in [5.74, 6) is -0.0846. The summed E-state index contributed by atoms with van der Waals surface area (Å²) in [5, 5.41) is 8.91. The molecule has 1 rings (SSSR count). The van der Waals surface area contributed by atoms with Crippen LogP contribution in [-0.2, 0) is 11.8 Å². The lowest BCUT2D eigenvalue weighted by molar-refractivity contribution is 0.0647. The van der Waals surface area contributed by atoms with E-state index in [1.165, 1.54) is 0 Å². The van der Waals surface area contributed by atoms with Gasteiger partial charge in [0, 0.05) is 33.4 Å². The van der Waals surface area contributed by atoms with Crippen molar-refractivity contribution in [3.8, 4) is 0 Å². The predicted octanol–water partition coefficient (Wildman–Crippen LogP) is 0.106. The van der Waals surface area contributed by atoms with Gasteiger partial charge in [-0.3, -0.25) is 4.79 Å². The first-order chi connectivity index (χ1) is 7.70. The molecule has 1 heterocycles. The maximum Gasteiger partial charge on any atom is 0.270 e. The zero-order chi connectivity index (χ0) is 12.0. The molecular weight excluding hydrogens is 208 g/mol. The Kier molecular flexibility index (Phi) is 5.01. The third-order valence-corrected chi connectivity index (χ3v) is 2.39. The number of carbonyl (C=O) groups is 1. The van der Waals surface area contributed by atoms with Gasteiger partial charge in [0.05, 0.1) is 13.2 Å². The van der Waals surface area contributed by atoms with Gasteiger partial charge >= 0.3 is 0 Å². The highest BCUT2D eigenvalue weighted by atomic mass is 16.5. The van der Waals surface area contributed by atoms with E-state index in [4.69, 9.17) is 9.84 Å². The zero-order valence-corrected chi connectivity index (χ0v) is 9.72. The number of hydrogen-bond acceptors (Lipinski definition) is 3. The molecule has 90 valence electrons. The van der Waals surface area contributed by atoms with E-state index in [1.807, 2.05) is 19.3 Å². The van der Waals surface area contributed by atoms with Crippen LogP contribution in [0.3, 0.4) is 0 Å². The van der Waals surface area contributed by atoms with Gasteiger partial charge in [-0.2, -0.15) is 0 Å². The number of carbonyl (C=O) groups excluding carboxylic acids is 1. The second kappa shape index (κ2) is 6.30. The third kappa shape index (κ3) is 3.08. The van der Waals surface area contributed by atoms with Crippen LogP contribution in [0.5, 0.6) is 0 Å². The molecule has 5 nitrogen and oxygen atoms in total. The fraction of sp³-hybridized carbons (Fsp3) is 0.545. The molecule has 0 radical (unpaired) electrons. The Morgan fingerprint density at radius 1 is 1.56 bits per heavy atom. The van der Waals surface area contributed by atoms with Crippen molar-refractivity contribution in [1.29, 1.82) is 0 Å². The average molecular weight is 226 g/mol. The van der Waals surface area contributed by atoms with Gasteiger partial charge < -0.3 is 19.3 Å². The van der Waals surface area contributed by atoms with Crippen molar-refractivity contribution in [2.45, 2.75) is 0 Å². The Hall–Kier alpha value is -1.33. The number of aryl methyl sites for hydroxylation is 1. The summed E-state index contributed by atoms with van der Waals surface area (Å²) < 4.78 is 6.70. The maximum atomic E-state index is 12.1. The minimum atomic E-state index is -0.0846. The lowest BCUT2D eigenvalue weighted by Gasteiger charge is -2.21. The Balaban J connectivity index is 2.70. The Morgan fingerprint density at radius 3 is 2.81 bits per heavy atom. The molecular formula is C11H18N2O3. The number of amides is 1. The van der Waals surface area contributed by atoms with Crippen LogP contribution in [-0.4, -0.2) is 53.9 Å². The number of aliphatic hydroxyl groups excluding tert-OH is 1. The fourth-order valence-electron chi connectivity index (χ4n) is 1.48. The molecule has 0 aliphatic carbocycles. The van der Waals surface area contributed by atoms with Gasteiger partial charge in [-0.1, -0.05) is 0 Å². The molecule has 1 aromatic heterocycles. The van der Waals surface area contributed by atoms with Crippen LogP contribution in [0.4, 0.5) is 0 Å². The number of methoxy groups -OCH3 is 1. The standard InChI is InChI=1S/C11H18N2O3/c1-12-5-3-4-10(12)11(15)13(6-8-14)7-9-16-2/h3-5,14H,6-9H2,1-2H3. The van der Waals surface area contributed by atoms with Crippen molar-refractivity contribution < 1.29 is 14.6 Å². The first-order valence-corrected chi connectivity index (χ1v) is 5.21. The van der Waals surface area contributed by atoms with Crippen molar-refractivity contribution in [3.05, 3.63) is 24.0 Å². The van der Waals surface area contributed by atoms with Gasteiger partial charge in [-0.05, 0) is 12.1 Å². The molecule has 0 spiro atoms. The van der Waals surface area contributed by atoms with Gasteiger partial charge in [0.25, 0.3) is 5.91 Å². The highest BCUT2D eigenvalue weighted by molar-refractivity contribution is 5.92. The maximum absolute atomic E-state index is 12.1. The van der Waals surface area contributed by atoms with E-state index in [2.05, 4.69) is 0 Å². The van der Waals surface area contributed by atoms with Gasteiger partial charge in [-0.25, -0.2) is 0 Å². The van der Waals surface area contributed by atoms with E-state index in [0.29, 0.717) is 25.4 Å². The molecule has 1 amide bonds. The van der Waals surface area contributed by atoms with Crippen LogP contribution in [0.25, 0.3) is 0 Å². The van der Waals surface area contributed by atoms with Gasteiger partial charge in [0.1, 0.15) is 5.69 Å².